The number of benzene rings is 1. The van der Waals surface area contributed by atoms with Crippen molar-refractivity contribution in [2.24, 2.45) is 0 Å². The topological polar surface area (TPSA) is 0 Å². The van der Waals surface area contributed by atoms with Gasteiger partial charge in [-0.05, 0) is 66.2 Å². The van der Waals surface area contributed by atoms with E-state index >= 15 is 0 Å². The summed E-state index contributed by atoms with van der Waals surface area (Å²) in [5, 5.41) is 0. The van der Waals surface area contributed by atoms with Crippen molar-refractivity contribution in [1.82, 2.24) is 0 Å². The summed E-state index contributed by atoms with van der Waals surface area (Å²) in [7, 11) is 0. The monoisotopic (exact) mass is 200 g/mol. The fourth-order valence-electron chi connectivity index (χ4n) is 3.50. The van der Waals surface area contributed by atoms with E-state index in [2.05, 4.69) is 26.0 Å². The van der Waals surface area contributed by atoms with Crippen molar-refractivity contribution in [3.63, 3.8) is 0 Å². The van der Waals surface area contributed by atoms with Crippen molar-refractivity contribution in [3.8, 4) is 0 Å². The van der Waals surface area contributed by atoms with Crippen molar-refractivity contribution in [2.45, 2.75) is 57.8 Å². The van der Waals surface area contributed by atoms with E-state index in [0.717, 1.165) is 0 Å². The molecule has 0 nitrogen and oxygen atoms in total. The van der Waals surface area contributed by atoms with Gasteiger partial charge in [0, 0.05) is 0 Å². The summed E-state index contributed by atoms with van der Waals surface area (Å²) >= 11 is 0. The molecule has 0 saturated carbocycles. The van der Waals surface area contributed by atoms with Crippen LogP contribution >= 0.6 is 0 Å². The molecule has 80 valence electrons. The van der Waals surface area contributed by atoms with Crippen LogP contribution in [0.25, 0.3) is 0 Å². The van der Waals surface area contributed by atoms with E-state index in [4.69, 9.17) is 0 Å². The zero-order valence-corrected chi connectivity index (χ0v) is 9.90. The molecule has 0 aromatic heterocycles. The fourth-order valence-corrected chi connectivity index (χ4v) is 3.50. The number of rotatable bonds is 0. The molecule has 0 amide bonds. The Morgan fingerprint density at radius 2 is 1.67 bits per heavy atom. The second-order valence-corrected chi connectivity index (χ2v) is 5.83. The van der Waals surface area contributed by atoms with Crippen molar-refractivity contribution < 1.29 is 0 Å². The molecule has 0 N–H and O–H groups in total. The summed E-state index contributed by atoms with van der Waals surface area (Å²) in [5.74, 6) is 0. The first-order chi connectivity index (χ1) is 7.18. The molecule has 0 heterocycles. The van der Waals surface area contributed by atoms with Gasteiger partial charge < -0.3 is 0 Å². The zero-order valence-electron chi connectivity index (χ0n) is 9.90. The molecule has 15 heavy (non-hydrogen) atoms. The molecule has 0 bridgehead atoms. The van der Waals surface area contributed by atoms with E-state index in [1.54, 1.807) is 22.3 Å². The molecule has 2 aliphatic rings. The van der Waals surface area contributed by atoms with Crippen molar-refractivity contribution in [2.75, 3.05) is 0 Å². The molecule has 2 aliphatic carbocycles. The molecule has 0 atom stereocenters. The lowest BCUT2D eigenvalue weighted by atomic mass is 9.78. The van der Waals surface area contributed by atoms with Crippen LogP contribution in [0, 0.1) is 0 Å². The third-order valence-electron chi connectivity index (χ3n) is 4.32. The smallest absolute Gasteiger partial charge is 0.00948 e. The molecule has 0 aliphatic heterocycles. The highest BCUT2D eigenvalue weighted by molar-refractivity contribution is 5.49. The second-order valence-electron chi connectivity index (χ2n) is 5.83. The molecule has 0 spiro atoms. The first-order valence-corrected chi connectivity index (χ1v) is 6.32. The Morgan fingerprint density at radius 3 is 2.53 bits per heavy atom. The molecular weight excluding hydrogens is 180 g/mol. The molecule has 0 heteroatoms. The third-order valence-corrected chi connectivity index (χ3v) is 4.32. The van der Waals surface area contributed by atoms with Crippen LogP contribution in [0.1, 0.15) is 55.4 Å². The van der Waals surface area contributed by atoms with Crippen LogP contribution in [0.4, 0.5) is 0 Å². The molecule has 1 aromatic carbocycles. The normalized spacial score (nSPS) is 22.3. The predicted octanol–water partition coefficient (Wildman–Crippen LogP) is 3.79. The maximum absolute atomic E-state index is 2.42. The number of aryl methyl sites for hydroxylation is 2. The van der Waals surface area contributed by atoms with Crippen LogP contribution in [0.5, 0.6) is 0 Å². The molecule has 0 unspecified atom stereocenters. The lowest BCUT2D eigenvalue weighted by Gasteiger charge is -2.27. The SMILES string of the molecule is CC1(C)CCc2ccc3c(c21)CCCC3. The van der Waals surface area contributed by atoms with Gasteiger partial charge in [0.15, 0.2) is 0 Å². The maximum atomic E-state index is 2.42. The third kappa shape index (κ3) is 1.34. The minimum absolute atomic E-state index is 0.442. The lowest BCUT2D eigenvalue weighted by molar-refractivity contribution is 0.513. The highest BCUT2D eigenvalue weighted by atomic mass is 14.4. The first kappa shape index (κ1) is 9.45. The quantitative estimate of drug-likeness (QED) is 0.597. The van der Waals surface area contributed by atoms with Gasteiger partial charge in [0.05, 0.1) is 0 Å². The van der Waals surface area contributed by atoms with Crippen molar-refractivity contribution in [3.05, 3.63) is 34.4 Å². The van der Waals surface area contributed by atoms with E-state index in [1.165, 1.54) is 38.5 Å². The summed E-state index contributed by atoms with van der Waals surface area (Å²) in [4.78, 5) is 0. The van der Waals surface area contributed by atoms with Gasteiger partial charge in [-0.2, -0.15) is 0 Å². The van der Waals surface area contributed by atoms with Crippen molar-refractivity contribution >= 4 is 0 Å². The van der Waals surface area contributed by atoms with Crippen LogP contribution < -0.4 is 0 Å². The maximum Gasteiger partial charge on any atom is -0.00948 e. The van der Waals surface area contributed by atoms with Gasteiger partial charge in [0.25, 0.3) is 0 Å². The molecular formula is C15H20. The molecule has 1 aromatic rings. The Hall–Kier alpha value is -0.780. The van der Waals surface area contributed by atoms with Crippen molar-refractivity contribution in [1.29, 1.82) is 0 Å². The largest absolute Gasteiger partial charge is 0.0585 e. The summed E-state index contributed by atoms with van der Waals surface area (Å²) in [5.41, 5.74) is 7.18. The zero-order chi connectivity index (χ0) is 10.5. The Balaban J connectivity index is 2.22. The lowest BCUT2D eigenvalue weighted by Crippen LogP contribution is -2.17. The van der Waals surface area contributed by atoms with E-state index in [1.807, 2.05) is 0 Å². The van der Waals surface area contributed by atoms with Gasteiger partial charge >= 0.3 is 0 Å². The highest BCUT2D eigenvalue weighted by Gasteiger charge is 2.33. The van der Waals surface area contributed by atoms with Crippen LogP contribution in [0.15, 0.2) is 12.1 Å². The predicted molar refractivity (Wildman–Crippen MR) is 64.4 cm³/mol. The van der Waals surface area contributed by atoms with Crippen LogP contribution in [-0.4, -0.2) is 0 Å². The number of hydrogen-bond donors (Lipinski definition) is 0. The Kier molecular flexibility index (Phi) is 1.95. The van der Waals surface area contributed by atoms with Crippen LogP contribution in [0.2, 0.25) is 0 Å². The molecule has 3 rings (SSSR count). The standard InChI is InChI=1S/C15H20/c1-15(2)10-9-12-8-7-11-5-3-4-6-13(11)14(12)15/h7-8H,3-6,9-10H2,1-2H3. The van der Waals surface area contributed by atoms with Gasteiger partial charge in [0.2, 0.25) is 0 Å². The van der Waals surface area contributed by atoms with E-state index < -0.39 is 0 Å². The first-order valence-electron chi connectivity index (χ1n) is 6.32. The summed E-state index contributed by atoms with van der Waals surface area (Å²) in [6.07, 6.45) is 8.10. The van der Waals surface area contributed by atoms with E-state index in [9.17, 15) is 0 Å². The molecule has 0 saturated heterocycles. The van der Waals surface area contributed by atoms with Gasteiger partial charge in [-0.15, -0.1) is 0 Å². The van der Waals surface area contributed by atoms with Crippen LogP contribution in [0.3, 0.4) is 0 Å². The van der Waals surface area contributed by atoms with E-state index in [0.29, 0.717) is 5.41 Å². The Morgan fingerprint density at radius 1 is 0.933 bits per heavy atom. The number of fused-ring (bicyclic) bond motifs is 3. The summed E-state index contributed by atoms with van der Waals surface area (Å²) in [6.45, 7) is 4.85. The van der Waals surface area contributed by atoms with Gasteiger partial charge in [-0.25, -0.2) is 0 Å². The fraction of sp³-hybridized carbons (Fsp3) is 0.600. The second kappa shape index (κ2) is 3.10. The highest BCUT2D eigenvalue weighted by Crippen LogP contribution is 2.43. The minimum atomic E-state index is 0.442. The summed E-state index contributed by atoms with van der Waals surface area (Å²) < 4.78 is 0. The van der Waals surface area contributed by atoms with Gasteiger partial charge in [-0.1, -0.05) is 26.0 Å². The number of hydrogen-bond acceptors (Lipinski definition) is 0. The molecule has 0 radical (unpaired) electrons. The van der Waals surface area contributed by atoms with E-state index in [-0.39, 0.29) is 0 Å². The Labute approximate surface area is 92.7 Å². The Bertz CT molecular complexity index is 399. The van der Waals surface area contributed by atoms with Crippen LogP contribution in [-0.2, 0) is 24.7 Å². The average Bonchev–Trinajstić information content (AvgIpc) is 2.55. The summed E-state index contributed by atoms with van der Waals surface area (Å²) in [6, 6.07) is 4.79. The average molecular weight is 200 g/mol. The molecule has 0 fully saturated rings. The van der Waals surface area contributed by atoms with Gasteiger partial charge in [-0.3, -0.25) is 0 Å². The minimum Gasteiger partial charge on any atom is -0.0585 e. The van der Waals surface area contributed by atoms with Gasteiger partial charge in [0.1, 0.15) is 0 Å².